The van der Waals surface area contributed by atoms with Crippen molar-refractivity contribution in [3.63, 3.8) is 0 Å². The normalized spacial score (nSPS) is 32.6. The standard InChI is InChI=1S/C11H19NO2/c12-7-8-3-1-6-10(8)11(13)14-9-4-2-5-9/h8-10H,1-7,12H2. The fraction of sp³-hybridized carbons (Fsp3) is 0.909. The van der Waals surface area contributed by atoms with Crippen LogP contribution in [-0.4, -0.2) is 18.6 Å². The molecule has 2 N–H and O–H groups in total. The van der Waals surface area contributed by atoms with E-state index in [1.54, 1.807) is 0 Å². The third-order valence-corrected chi connectivity index (χ3v) is 3.60. The van der Waals surface area contributed by atoms with E-state index in [1.807, 2.05) is 0 Å². The predicted octanol–water partition coefficient (Wildman–Crippen LogP) is 1.46. The lowest BCUT2D eigenvalue weighted by atomic mass is 9.94. The summed E-state index contributed by atoms with van der Waals surface area (Å²) in [4.78, 5) is 11.7. The Morgan fingerprint density at radius 3 is 2.50 bits per heavy atom. The van der Waals surface area contributed by atoms with Crippen molar-refractivity contribution in [3.05, 3.63) is 0 Å². The monoisotopic (exact) mass is 197 g/mol. The molecule has 0 aromatic carbocycles. The van der Waals surface area contributed by atoms with Gasteiger partial charge in [0.1, 0.15) is 6.10 Å². The lowest BCUT2D eigenvalue weighted by Crippen LogP contribution is -2.32. The van der Waals surface area contributed by atoms with Gasteiger partial charge in [-0.05, 0) is 44.6 Å². The van der Waals surface area contributed by atoms with E-state index in [-0.39, 0.29) is 18.0 Å². The number of carbonyl (C=O) groups is 1. The molecule has 80 valence electrons. The van der Waals surface area contributed by atoms with E-state index in [0.29, 0.717) is 12.5 Å². The lowest BCUT2D eigenvalue weighted by molar-refractivity contribution is -0.159. The highest BCUT2D eigenvalue weighted by Gasteiger charge is 2.35. The summed E-state index contributed by atoms with van der Waals surface area (Å²) in [6, 6.07) is 0. The highest BCUT2D eigenvalue weighted by molar-refractivity contribution is 5.73. The van der Waals surface area contributed by atoms with Crippen LogP contribution in [0.3, 0.4) is 0 Å². The number of rotatable bonds is 3. The van der Waals surface area contributed by atoms with E-state index in [4.69, 9.17) is 10.5 Å². The number of nitrogens with two attached hydrogens (primary N) is 1. The minimum atomic E-state index is 0.0163. The minimum Gasteiger partial charge on any atom is -0.462 e. The van der Waals surface area contributed by atoms with Crippen molar-refractivity contribution in [1.29, 1.82) is 0 Å². The Morgan fingerprint density at radius 2 is 1.93 bits per heavy atom. The van der Waals surface area contributed by atoms with Gasteiger partial charge in [-0.1, -0.05) is 6.42 Å². The van der Waals surface area contributed by atoms with Crippen molar-refractivity contribution < 1.29 is 9.53 Å². The zero-order valence-corrected chi connectivity index (χ0v) is 8.58. The summed E-state index contributed by atoms with van der Waals surface area (Å²) in [7, 11) is 0. The Morgan fingerprint density at radius 1 is 1.21 bits per heavy atom. The Kier molecular flexibility index (Phi) is 3.06. The maximum Gasteiger partial charge on any atom is 0.309 e. The van der Waals surface area contributed by atoms with Crippen LogP contribution in [0.15, 0.2) is 0 Å². The maximum absolute atomic E-state index is 11.7. The Hall–Kier alpha value is -0.570. The van der Waals surface area contributed by atoms with Crippen LogP contribution in [-0.2, 0) is 9.53 Å². The van der Waals surface area contributed by atoms with Crippen molar-refractivity contribution in [2.24, 2.45) is 17.6 Å². The number of esters is 1. The molecule has 2 aliphatic rings. The molecule has 3 heteroatoms. The zero-order valence-electron chi connectivity index (χ0n) is 8.58. The average Bonchev–Trinajstić information content (AvgIpc) is 2.58. The van der Waals surface area contributed by atoms with Crippen LogP contribution in [0.4, 0.5) is 0 Å². The van der Waals surface area contributed by atoms with Crippen LogP contribution < -0.4 is 5.73 Å². The van der Waals surface area contributed by atoms with Gasteiger partial charge < -0.3 is 10.5 Å². The molecule has 2 saturated carbocycles. The van der Waals surface area contributed by atoms with E-state index in [1.165, 1.54) is 6.42 Å². The molecule has 0 saturated heterocycles. The van der Waals surface area contributed by atoms with Crippen LogP contribution >= 0.6 is 0 Å². The SMILES string of the molecule is NCC1CCCC1C(=O)OC1CCC1. The molecule has 2 rings (SSSR count). The summed E-state index contributed by atoms with van der Waals surface area (Å²) in [5.41, 5.74) is 5.63. The van der Waals surface area contributed by atoms with E-state index in [9.17, 15) is 4.79 Å². The van der Waals surface area contributed by atoms with Crippen molar-refractivity contribution >= 4 is 5.97 Å². The van der Waals surface area contributed by atoms with E-state index in [2.05, 4.69) is 0 Å². The third kappa shape index (κ3) is 1.92. The molecule has 0 aromatic rings. The molecule has 0 radical (unpaired) electrons. The zero-order chi connectivity index (χ0) is 9.97. The summed E-state index contributed by atoms with van der Waals surface area (Å²) in [6.07, 6.45) is 6.77. The predicted molar refractivity (Wildman–Crippen MR) is 53.6 cm³/mol. The van der Waals surface area contributed by atoms with Gasteiger partial charge in [-0.25, -0.2) is 0 Å². The minimum absolute atomic E-state index is 0.0163. The Bertz CT molecular complexity index is 213. The van der Waals surface area contributed by atoms with E-state index < -0.39 is 0 Å². The van der Waals surface area contributed by atoms with Crippen LogP contribution in [0.25, 0.3) is 0 Å². The summed E-state index contributed by atoms with van der Waals surface area (Å²) >= 11 is 0. The third-order valence-electron chi connectivity index (χ3n) is 3.60. The van der Waals surface area contributed by atoms with Crippen LogP contribution in [0.1, 0.15) is 38.5 Å². The molecule has 2 fully saturated rings. The fourth-order valence-electron chi connectivity index (χ4n) is 2.37. The van der Waals surface area contributed by atoms with Gasteiger partial charge >= 0.3 is 5.97 Å². The molecule has 3 nitrogen and oxygen atoms in total. The van der Waals surface area contributed by atoms with Gasteiger partial charge in [0.05, 0.1) is 5.92 Å². The second kappa shape index (κ2) is 4.30. The van der Waals surface area contributed by atoms with Crippen LogP contribution in [0, 0.1) is 11.8 Å². The summed E-state index contributed by atoms with van der Waals surface area (Å²) in [5.74, 6) is 0.492. The van der Waals surface area contributed by atoms with Gasteiger partial charge in [0.15, 0.2) is 0 Å². The molecule has 0 aliphatic heterocycles. The van der Waals surface area contributed by atoms with Crippen LogP contribution in [0.2, 0.25) is 0 Å². The number of ether oxygens (including phenoxy) is 1. The van der Waals surface area contributed by atoms with Gasteiger partial charge in [0.25, 0.3) is 0 Å². The fourth-order valence-corrected chi connectivity index (χ4v) is 2.37. The Labute approximate surface area is 85.0 Å². The maximum atomic E-state index is 11.7. The van der Waals surface area contributed by atoms with Gasteiger partial charge in [-0.15, -0.1) is 0 Å². The van der Waals surface area contributed by atoms with Crippen molar-refractivity contribution in [2.45, 2.75) is 44.6 Å². The first-order valence-electron chi connectivity index (χ1n) is 5.72. The first-order valence-corrected chi connectivity index (χ1v) is 5.72. The molecule has 0 aromatic heterocycles. The molecule has 0 bridgehead atoms. The average molecular weight is 197 g/mol. The van der Waals surface area contributed by atoms with Crippen LogP contribution in [0.5, 0.6) is 0 Å². The molecule has 0 spiro atoms. The molecule has 0 heterocycles. The lowest BCUT2D eigenvalue weighted by Gasteiger charge is -2.27. The topological polar surface area (TPSA) is 52.3 Å². The molecule has 2 aliphatic carbocycles. The van der Waals surface area contributed by atoms with Gasteiger partial charge in [-0.2, -0.15) is 0 Å². The number of hydrogen-bond acceptors (Lipinski definition) is 3. The van der Waals surface area contributed by atoms with E-state index >= 15 is 0 Å². The first-order chi connectivity index (χ1) is 6.81. The van der Waals surface area contributed by atoms with Crippen molar-refractivity contribution in [2.75, 3.05) is 6.54 Å². The number of hydrogen-bond donors (Lipinski definition) is 1. The van der Waals surface area contributed by atoms with Crippen molar-refractivity contribution in [1.82, 2.24) is 0 Å². The van der Waals surface area contributed by atoms with Gasteiger partial charge in [0, 0.05) is 0 Å². The quantitative estimate of drug-likeness (QED) is 0.697. The highest BCUT2D eigenvalue weighted by atomic mass is 16.5. The number of carbonyl (C=O) groups excluding carboxylic acids is 1. The molecule has 0 amide bonds. The molecule has 14 heavy (non-hydrogen) atoms. The smallest absolute Gasteiger partial charge is 0.309 e. The first kappa shape index (κ1) is 9.97. The van der Waals surface area contributed by atoms with E-state index in [0.717, 1.165) is 32.1 Å². The summed E-state index contributed by atoms with van der Waals surface area (Å²) in [6.45, 7) is 0.629. The summed E-state index contributed by atoms with van der Waals surface area (Å²) in [5, 5.41) is 0. The molecule has 2 atom stereocenters. The molecular weight excluding hydrogens is 178 g/mol. The van der Waals surface area contributed by atoms with Gasteiger partial charge in [-0.3, -0.25) is 4.79 Å². The largest absolute Gasteiger partial charge is 0.462 e. The highest BCUT2D eigenvalue weighted by Crippen LogP contribution is 2.33. The molecular formula is C11H19NO2. The summed E-state index contributed by atoms with van der Waals surface area (Å²) < 4.78 is 5.41. The second-order valence-electron chi connectivity index (χ2n) is 4.52. The van der Waals surface area contributed by atoms with Crippen molar-refractivity contribution in [3.8, 4) is 0 Å². The Balaban J connectivity index is 1.83. The van der Waals surface area contributed by atoms with Gasteiger partial charge in [0.2, 0.25) is 0 Å². The second-order valence-corrected chi connectivity index (χ2v) is 4.52. The molecule has 2 unspecified atom stereocenters.